The molecule has 1 aliphatic rings. The fourth-order valence-electron chi connectivity index (χ4n) is 4.32. The SMILES string of the molecule is CCCNc1cc(OC)ccc1-n1cc(CN2CCCC2/C=N/N=C(N)N)c(C(C)(C)C)c1. The van der Waals surface area contributed by atoms with Crippen LogP contribution in [0.5, 0.6) is 5.75 Å². The lowest BCUT2D eigenvalue weighted by molar-refractivity contribution is 0.295. The van der Waals surface area contributed by atoms with Crippen molar-refractivity contribution in [1.29, 1.82) is 0 Å². The van der Waals surface area contributed by atoms with Crippen molar-refractivity contribution in [2.75, 3.05) is 25.5 Å². The first kappa shape index (κ1) is 24.6. The summed E-state index contributed by atoms with van der Waals surface area (Å²) in [6.45, 7) is 11.8. The van der Waals surface area contributed by atoms with Crippen LogP contribution < -0.4 is 21.5 Å². The van der Waals surface area contributed by atoms with Gasteiger partial charge in [0.05, 0.1) is 18.5 Å². The summed E-state index contributed by atoms with van der Waals surface area (Å²) in [5.74, 6) is 0.829. The number of hydrogen-bond acceptors (Lipinski definition) is 5. The Labute approximate surface area is 197 Å². The summed E-state index contributed by atoms with van der Waals surface area (Å²) >= 11 is 0. The van der Waals surface area contributed by atoms with Crippen molar-refractivity contribution in [3.63, 3.8) is 0 Å². The fourth-order valence-corrected chi connectivity index (χ4v) is 4.32. The van der Waals surface area contributed by atoms with E-state index in [9.17, 15) is 0 Å². The second-order valence-electron chi connectivity index (χ2n) is 9.63. The molecule has 2 aromatic rings. The molecule has 1 atom stereocenters. The lowest BCUT2D eigenvalue weighted by Crippen LogP contribution is -2.31. The van der Waals surface area contributed by atoms with Gasteiger partial charge in [-0.25, -0.2) is 0 Å². The number of guanidine groups is 1. The molecule has 0 bridgehead atoms. The molecule has 3 rings (SSSR count). The van der Waals surface area contributed by atoms with Crippen LogP contribution in [0.4, 0.5) is 5.69 Å². The van der Waals surface area contributed by atoms with Gasteiger partial charge in [0.2, 0.25) is 5.96 Å². The monoisotopic (exact) mass is 453 g/mol. The molecule has 33 heavy (non-hydrogen) atoms. The summed E-state index contributed by atoms with van der Waals surface area (Å²) in [5, 5.41) is 11.4. The Kier molecular flexibility index (Phi) is 8.02. The summed E-state index contributed by atoms with van der Waals surface area (Å²) in [7, 11) is 1.70. The molecule has 0 saturated carbocycles. The predicted molar refractivity (Wildman–Crippen MR) is 138 cm³/mol. The molecule has 8 heteroatoms. The van der Waals surface area contributed by atoms with Gasteiger partial charge in [0, 0.05) is 43.8 Å². The molecule has 2 heterocycles. The minimum Gasteiger partial charge on any atom is -0.497 e. The molecule has 5 N–H and O–H groups in total. The van der Waals surface area contributed by atoms with Crippen LogP contribution in [-0.2, 0) is 12.0 Å². The van der Waals surface area contributed by atoms with E-state index in [0.717, 1.165) is 56.0 Å². The second-order valence-corrected chi connectivity index (χ2v) is 9.63. The predicted octanol–water partition coefficient (Wildman–Crippen LogP) is 3.83. The highest BCUT2D eigenvalue weighted by atomic mass is 16.5. The number of anilines is 1. The maximum Gasteiger partial charge on any atom is 0.211 e. The Balaban J connectivity index is 1.94. The number of nitrogens with zero attached hydrogens (tertiary/aromatic N) is 4. The molecule has 0 spiro atoms. The Morgan fingerprint density at radius 3 is 2.73 bits per heavy atom. The standard InChI is InChI=1S/C25H39N7O/c1-6-11-28-22-13-20(33-5)9-10-23(22)32-16-18(21(17-32)25(2,3)4)15-31-12-7-8-19(31)14-29-30-24(26)27/h9-10,13-14,16-17,19,28H,6-8,11-12,15H2,1-5H3,(H4,26,27,30)/b29-14+. The molecule has 0 aliphatic carbocycles. The van der Waals surface area contributed by atoms with E-state index in [1.165, 1.54) is 11.1 Å². The van der Waals surface area contributed by atoms with Gasteiger partial charge in [0.15, 0.2) is 0 Å². The highest BCUT2D eigenvalue weighted by Crippen LogP contribution is 2.33. The number of likely N-dealkylation sites (tertiary alicyclic amines) is 1. The number of methoxy groups -OCH3 is 1. The minimum atomic E-state index is -0.0186. The smallest absolute Gasteiger partial charge is 0.211 e. The highest BCUT2D eigenvalue weighted by Gasteiger charge is 2.27. The summed E-state index contributed by atoms with van der Waals surface area (Å²) < 4.78 is 7.71. The van der Waals surface area contributed by atoms with E-state index in [0.29, 0.717) is 0 Å². The van der Waals surface area contributed by atoms with Crippen LogP contribution in [0.2, 0.25) is 0 Å². The fraction of sp³-hybridized carbons (Fsp3) is 0.520. The van der Waals surface area contributed by atoms with Crippen molar-refractivity contribution < 1.29 is 4.74 Å². The molecule has 0 amide bonds. The van der Waals surface area contributed by atoms with Crippen LogP contribution in [0.1, 0.15) is 58.1 Å². The molecule has 180 valence electrons. The van der Waals surface area contributed by atoms with Gasteiger partial charge in [-0.05, 0) is 54.5 Å². The maximum absolute atomic E-state index is 5.46. The van der Waals surface area contributed by atoms with Gasteiger partial charge in [-0.15, -0.1) is 5.10 Å². The van der Waals surface area contributed by atoms with Crippen LogP contribution in [-0.4, -0.2) is 47.9 Å². The molecule has 1 fully saturated rings. The molecule has 1 aromatic carbocycles. The molecular weight excluding hydrogens is 414 g/mol. The summed E-state index contributed by atoms with van der Waals surface area (Å²) in [6.07, 6.45) is 9.64. The number of benzene rings is 1. The minimum absolute atomic E-state index is 0.0186. The molecule has 0 radical (unpaired) electrons. The number of rotatable bonds is 9. The Bertz CT molecular complexity index is 983. The van der Waals surface area contributed by atoms with Gasteiger partial charge in [-0.1, -0.05) is 27.7 Å². The quantitative estimate of drug-likeness (QED) is 0.304. The summed E-state index contributed by atoms with van der Waals surface area (Å²) in [6, 6.07) is 6.43. The Morgan fingerprint density at radius 2 is 2.06 bits per heavy atom. The van der Waals surface area contributed by atoms with Crippen LogP contribution in [0.15, 0.2) is 40.8 Å². The van der Waals surface area contributed by atoms with Crippen molar-refractivity contribution in [2.45, 2.75) is 65.0 Å². The topological polar surface area (TPSA) is 106 Å². The van der Waals surface area contributed by atoms with E-state index in [-0.39, 0.29) is 17.4 Å². The first-order valence-electron chi connectivity index (χ1n) is 11.7. The van der Waals surface area contributed by atoms with Crippen LogP contribution in [0, 0.1) is 0 Å². The summed E-state index contributed by atoms with van der Waals surface area (Å²) in [5.41, 5.74) is 15.7. The van der Waals surface area contributed by atoms with E-state index >= 15 is 0 Å². The number of hydrogen-bond donors (Lipinski definition) is 3. The van der Waals surface area contributed by atoms with Gasteiger partial charge in [-0.3, -0.25) is 4.90 Å². The van der Waals surface area contributed by atoms with Crippen molar-refractivity contribution in [3.05, 3.63) is 41.7 Å². The normalized spacial score (nSPS) is 16.9. The molecule has 1 unspecified atom stereocenters. The molecular formula is C25H39N7O. The van der Waals surface area contributed by atoms with Crippen molar-refractivity contribution in [2.24, 2.45) is 21.7 Å². The van der Waals surface area contributed by atoms with E-state index in [4.69, 9.17) is 16.2 Å². The van der Waals surface area contributed by atoms with Gasteiger partial charge in [-0.2, -0.15) is 5.10 Å². The van der Waals surface area contributed by atoms with Crippen molar-refractivity contribution in [1.82, 2.24) is 9.47 Å². The maximum atomic E-state index is 5.46. The molecule has 8 nitrogen and oxygen atoms in total. The van der Waals surface area contributed by atoms with Crippen LogP contribution in [0.25, 0.3) is 5.69 Å². The van der Waals surface area contributed by atoms with Gasteiger partial charge in [0.25, 0.3) is 0 Å². The van der Waals surface area contributed by atoms with Crippen LogP contribution >= 0.6 is 0 Å². The van der Waals surface area contributed by atoms with Crippen molar-refractivity contribution >= 4 is 17.9 Å². The van der Waals surface area contributed by atoms with E-state index in [2.05, 4.69) is 77.2 Å². The average Bonchev–Trinajstić information content (AvgIpc) is 3.39. The highest BCUT2D eigenvalue weighted by molar-refractivity contribution is 5.76. The van der Waals surface area contributed by atoms with Crippen molar-refractivity contribution in [3.8, 4) is 11.4 Å². The average molecular weight is 454 g/mol. The lowest BCUT2D eigenvalue weighted by atomic mass is 9.86. The summed E-state index contributed by atoms with van der Waals surface area (Å²) in [4.78, 5) is 2.45. The molecule has 1 aromatic heterocycles. The molecule has 1 aliphatic heterocycles. The first-order valence-corrected chi connectivity index (χ1v) is 11.7. The number of nitrogens with one attached hydrogen (secondary N) is 1. The lowest BCUT2D eigenvalue weighted by Gasteiger charge is -2.24. The number of nitrogens with two attached hydrogens (primary N) is 2. The zero-order valence-corrected chi connectivity index (χ0v) is 20.6. The van der Waals surface area contributed by atoms with E-state index in [1.807, 2.05) is 12.3 Å². The van der Waals surface area contributed by atoms with E-state index in [1.54, 1.807) is 7.11 Å². The third kappa shape index (κ3) is 6.28. The number of ether oxygens (including phenoxy) is 1. The van der Waals surface area contributed by atoms with Gasteiger partial charge >= 0.3 is 0 Å². The first-order chi connectivity index (χ1) is 15.7. The molecule has 1 saturated heterocycles. The van der Waals surface area contributed by atoms with Gasteiger partial charge in [0.1, 0.15) is 5.75 Å². The zero-order chi connectivity index (χ0) is 24.0. The number of aromatic nitrogens is 1. The Hall–Kier alpha value is -3.00. The van der Waals surface area contributed by atoms with Gasteiger partial charge < -0.3 is 26.1 Å². The third-order valence-corrected chi connectivity index (χ3v) is 5.96. The Morgan fingerprint density at radius 1 is 1.27 bits per heavy atom. The largest absolute Gasteiger partial charge is 0.497 e. The third-order valence-electron chi connectivity index (χ3n) is 5.96. The zero-order valence-electron chi connectivity index (χ0n) is 20.6. The second kappa shape index (κ2) is 10.7. The van der Waals surface area contributed by atoms with E-state index < -0.39 is 0 Å². The van der Waals surface area contributed by atoms with Crippen LogP contribution in [0.3, 0.4) is 0 Å².